The van der Waals surface area contributed by atoms with Gasteiger partial charge in [-0.15, -0.1) is 0 Å². The van der Waals surface area contributed by atoms with Gasteiger partial charge in [0.15, 0.2) is 0 Å². The van der Waals surface area contributed by atoms with Crippen LogP contribution in [0.15, 0.2) is 30.7 Å². The maximum absolute atomic E-state index is 11.3. The topological polar surface area (TPSA) is 132 Å². The van der Waals surface area contributed by atoms with Gasteiger partial charge in [0, 0.05) is 31.5 Å². The molecule has 0 saturated heterocycles. The second-order valence-corrected chi connectivity index (χ2v) is 6.88. The number of pyridine rings is 1. The van der Waals surface area contributed by atoms with Crippen molar-refractivity contribution in [1.82, 2.24) is 15.0 Å². The first-order valence-electron chi connectivity index (χ1n) is 9.25. The smallest absolute Gasteiger partial charge is 0.329 e. The first-order chi connectivity index (χ1) is 13.1. The van der Waals surface area contributed by atoms with Gasteiger partial charge >= 0.3 is 5.69 Å². The van der Waals surface area contributed by atoms with Crippen LogP contribution in [-0.2, 0) is 6.42 Å². The minimum atomic E-state index is -0.458. The number of aromatic nitrogens is 3. The lowest BCUT2D eigenvalue weighted by atomic mass is 9.86. The molecule has 2 heterocycles. The van der Waals surface area contributed by atoms with Crippen LogP contribution in [0.3, 0.4) is 0 Å². The lowest BCUT2D eigenvalue weighted by Crippen LogP contribution is -2.29. The number of nitrogens with one attached hydrogen (secondary N) is 2. The molecule has 0 amide bonds. The van der Waals surface area contributed by atoms with Gasteiger partial charge in [0.1, 0.15) is 6.20 Å². The summed E-state index contributed by atoms with van der Waals surface area (Å²) in [7, 11) is 0. The highest BCUT2D eigenvalue weighted by molar-refractivity contribution is 5.57. The average molecular weight is 371 g/mol. The van der Waals surface area contributed by atoms with Crippen LogP contribution < -0.4 is 16.4 Å². The van der Waals surface area contributed by atoms with E-state index in [1.807, 2.05) is 12.1 Å². The molecule has 0 spiro atoms. The molecule has 2 aromatic heterocycles. The molecule has 2 aromatic rings. The standard InChI is InChI=1S/C18H25N7O2/c19-15-3-1-14(2-4-15)11-22-17-16(25(26)27)12-23-18(24-17)21-10-7-13-5-8-20-9-6-13/h5-6,8-9,12,14-15H,1-4,7,10-11,19H2,(H2,21,22,23,24)/t14-,15-. The van der Waals surface area contributed by atoms with Crippen LogP contribution in [0.5, 0.6) is 0 Å². The molecule has 0 radical (unpaired) electrons. The Morgan fingerprint density at radius 3 is 2.63 bits per heavy atom. The summed E-state index contributed by atoms with van der Waals surface area (Å²) >= 11 is 0. The molecule has 0 aromatic carbocycles. The molecule has 1 aliphatic carbocycles. The first kappa shape index (κ1) is 19.0. The first-order valence-corrected chi connectivity index (χ1v) is 9.25. The van der Waals surface area contributed by atoms with Crippen LogP contribution in [0, 0.1) is 16.0 Å². The van der Waals surface area contributed by atoms with Gasteiger partial charge in [0.05, 0.1) is 4.92 Å². The molecule has 9 nitrogen and oxygen atoms in total. The predicted molar refractivity (Wildman–Crippen MR) is 104 cm³/mol. The summed E-state index contributed by atoms with van der Waals surface area (Å²) in [6, 6.07) is 4.17. The Hall–Kier alpha value is -2.81. The van der Waals surface area contributed by atoms with E-state index in [1.165, 1.54) is 6.20 Å². The van der Waals surface area contributed by atoms with Gasteiger partial charge in [-0.3, -0.25) is 15.1 Å². The van der Waals surface area contributed by atoms with Crippen molar-refractivity contribution in [3.8, 4) is 0 Å². The predicted octanol–water partition coefficient (Wildman–Crippen LogP) is 2.36. The fraction of sp³-hybridized carbons (Fsp3) is 0.500. The molecule has 9 heteroatoms. The SMILES string of the molecule is N[C@H]1CC[C@H](CNc2nc(NCCc3ccncc3)ncc2[N+](=O)[O-])CC1. The van der Waals surface area contributed by atoms with Crippen LogP contribution in [0.25, 0.3) is 0 Å². The van der Waals surface area contributed by atoms with Crippen LogP contribution in [0.1, 0.15) is 31.2 Å². The summed E-state index contributed by atoms with van der Waals surface area (Å²) < 4.78 is 0. The van der Waals surface area contributed by atoms with E-state index >= 15 is 0 Å². The molecule has 144 valence electrons. The second-order valence-electron chi connectivity index (χ2n) is 6.88. The van der Waals surface area contributed by atoms with E-state index in [1.54, 1.807) is 12.4 Å². The number of hydrogen-bond acceptors (Lipinski definition) is 8. The monoisotopic (exact) mass is 371 g/mol. The molecular formula is C18H25N7O2. The molecule has 0 bridgehead atoms. The van der Waals surface area contributed by atoms with Crippen molar-refractivity contribution in [2.75, 3.05) is 23.7 Å². The van der Waals surface area contributed by atoms with Crippen molar-refractivity contribution in [2.45, 2.75) is 38.1 Å². The fourth-order valence-electron chi connectivity index (χ4n) is 3.23. The van der Waals surface area contributed by atoms with Gasteiger partial charge in [-0.1, -0.05) is 0 Å². The Morgan fingerprint density at radius 2 is 1.93 bits per heavy atom. The Labute approximate surface area is 158 Å². The third kappa shape index (κ3) is 5.58. The van der Waals surface area contributed by atoms with Crippen LogP contribution in [0.2, 0.25) is 0 Å². The van der Waals surface area contributed by atoms with Crippen molar-refractivity contribution in [3.05, 3.63) is 46.4 Å². The van der Waals surface area contributed by atoms with Crippen LogP contribution >= 0.6 is 0 Å². The summed E-state index contributed by atoms with van der Waals surface area (Å²) in [5.41, 5.74) is 6.97. The van der Waals surface area contributed by atoms with Gasteiger partial charge in [0.25, 0.3) is 0 Å². The zero-order valence-corrected chi connectivity index (χ0v) is 15.2. The Bertz CT molecular complexity index is 749. The van der Waals surface area contributed by atoms with E-state index in [-0.39, 0.29) is 17.5 Å². The van der Waals surface area contributed by atoms with Gasteiger partial charge in [0.2, 0.25) is 11.8 Å². The van der Waals surface area contributed by atoms with E-state index in [2.05, 4.69) is 25.6 Å². The third-order valence-electron chi connectivity index (χ3n) is 4.86. The molecule has 0 atom stereocenters. The summed E-state index contributed by atoms with van der Waals surface area (Å²) in [6.45, 7) is 1.28. The molecule has 1 fully saturated rings. The molecule has 27 heavy (non-hydrogen) atoms. The van der Waals surface area contributed by atoms with Crippen molar-refractivity contribution in [1.29, 1.82) is 0 Å². The maximum atomic E-state index is 11.3. The zero-order valence-electron chi connectivity index (χ0n) is 15.2. The minimum Gasteiger partial charge on any atom is -0.364 e. The maximum Gasteiger partial charge on any atom is 0.329 e. The minimum absolute atomic E-state index is 0.109. The number of nitrogens with zero attached hydrogens (tertiary/aromatic N) is 4. The van der Waals surface area contributed by atoms with Gasteiger partial charge in [-0.05, 0) is 55.7 Å². The van der Waals surface area contributed by atoms with E-state index in [0.717, 1.165) is 37.7 Å². The number of anilines is 2. The lowest BCUT2D eigenvalue weighted by Gasteiger charge is -2.26. The number of hydrogen-bond donors (Lipinski definition) is 3. The van der Waals surface area contributed by atoms with E-state index in [0.29, 0.717) is 25.0 Å². The fourth-order valence-corrected chi connectivity index (χ4v) is 3.23. The van der Waals surface area contributed by atoms with Gasteiger partial charge in [-0.25, -0.2) is 4.98 Å². The second kappa shape index (κ2) is 9.22. The number of rotatable bonds is 8. The Kier molecular flexibility index (Phi) is 6.48. The van der Waals surface area contributed by atoms with Gasteiger partial charge in [-0.2, -0.15) is 4.98 Å². The Morgan fingerprint density at radius 1 is 1.19 bits per heavy atom. The molecule has 4 N–H and O–H groups in total. The van der Waals surface area contributed by atoms with Crippen LogP contribution in [-0.4, -0.2) is 39.0 Å². The zero-order chi connectivity index (χ0) is 19.1. The number of nitro groups is 1. The summed E-state index contributed by atoms with van der Waals surface area (Å²) in [5, 5.41) is 17.5. The van der Waals surface area contributed by atoms with E-state index in [9.17, 15) is 10.1 Å². The van der Waals surface area contributed by atoms with Crippen molar-refractivity contribution in [3.63, 3.8) is 0 Å². The van der Waals surface area contributed by atoms with Crippen molar-refractivity contribution >= 4 is 17.5 Å². The van der Waals surface area contributed by atoms with E-state index in [4.69, 9.17) is 5.73 Å². The van der Waals surface area contributed by atoms with Crippen molar-refractivity contribution in [2.24, 2.45) is 11.7 Å². The van der Waals surface area contributed by atoms with E-state index < -0.39 is 4.92 Å². The molecule has 0 aliphatic heterocycles. The average Bonchev–Trinajstić information content (AvgIpc) is 2.68. The quantitative estimate of drug-likeness (QED) is 0.476. The molecule has 1 saturated carbocycles. The molecule has 3 rings (SSSR count). The molecule has 1 aliphatic rings. The molecule has 0 unspecified atom stereocenters. The van der Waals surface area contributed by atoms with Gasteiger partial charge < -0.3 is 16.4 Å². The summed E-state index contributed by atoms with van der Waals surface area (Å²) in [5.74, 6) is 1.10. The summed E-state index contributed by atoms with van der Waals surface area (Å²) in [6.07, 6.45) is 9.60. The highest BCUT2D eigenvalue weighted by atomic mass is 16.6. The molecular weight excluding hydrogens is 346 g/mol. The largest absolute Gasteiger partial charge is 0.364 e. The Balaban J connectivity index is 1.59. The van der Waals surface area contributed by atoms with Crippen LogP contribution in [0.4, 0.5) is 17.5 Å². The normalized spacial score (nSPS) is 19.4. The number of nitrogens with two attached hydrogens (primary N) is 1. The van der Waals surface area contributed by atoms with Crippen molar-refractivity contribution < 1.29 is 4.92 Å². The highest BCUT2D eigenvalue weighted by Gasteiger charge is 2.21. The highest BCUT2D eigenvalue weighted by Crippen LogP contribution is 2.26. The lowest BCUT2D eigenvalue weighted by molar-refractivity contribution is -0.384. The third-order valence-corrected chi connectivity index (χ3v) is 4.86. The summed E-state index contributed by atoms with van der Waals surface area (Å²) in [4.78, 5) is 23.2.